The maximum Gasteiger partial charge on any atom is 0.326 e. The molecule has 0 saturated heterocycles. The molecule has 1 atom stereocenters. The summed E-state index contributed by atoms with van der Waals surface area (Å²) in [5.41, 5.74) is 0.800. The van der Waals surface area contributed by atoms with E-state index in [-0.39, 0.29) is 0 Å². The van der Waals surface area contributed by atoms with E-state index in [9.17, 15) is 9.90 Å². The lowest BCUT2D eigenvalue weighted by Gasteiger charge is -2.17. The van der Waals surface area contributed by atoms with Gasteiger partial charge in [0.15, 0.2) is 0 Å². The van der Waals surface area contributed by atoms with Crippen LogP contribution in [0.5, 0.6) is 0 Å². The Kier molecular flexibility index (Phi) is 3.94. The fraction of sp³-hybridized carbons (Fsp3) is 0.357. The second kappa shape index (κ2) is 5.65. The van der Waals surface area contributed by atoms with Crippen molar-refractivity contribution in [3.8, 4) is 0 Å². The SMILES string of the molecule is CC(C)C[C@H](Nc1ncnc2ccccc12)C(=O)O. The molecule has 1 heterocycles. The standard InChI is InChI=1S/C14H17N3O2/c1-9(2)7-12(14(18)19)17-13-10-5-3-4-6-11(10)15-8-16-13/h3-6,8-9,12H,7H2,1-2H3,(H,18,19)(H,15,16,17)/t12-/m0/s1. The Balaban J connectivity index is 2.31. The Morgan fingerprint density at radius 2 is 2.05 bits per heavy atom. The second-order valence-electron chi connectivity index (χ2n) is 4.90. The number of benzene rings is 1. The zero-order valence-corrected chi connectivity index (χ0v) is 11.0. The van der Waals surface area contributed by atoms with Crippen molar-refractivity contribution in [3.63, 3.8) is 0 Å². The van der Waals surface area contributed by atoms with Gasteiger partial charge in [0, 0.05) is 5.39 Å². The number of para-hydroxylation sites is 1. The number of hydrogen-bond acceptors (Lipinski definition) is 4. The largest absolute Gasteiger partial charge is 0.480 e. The van der Waals surface area contributed by atoms with Gasteiger partial charge in [-0.25, -0.2) is 14.8 Å². The first-order valence-electron chi connectivity index (χ1n) is 6.27. The van der Waals surface area contributed by atoms with Crippen molar-refractivity contribution in [1.82, 2.24) is 9.97 Å². The van der Waals surface area contributed by atoms with Crippen LogP contribution in [0.3, 0.4) is 0 Å². The van der Waals surface area contributed by atoms with Crippen LogP contribution in [0.2, 0.25) is 0 Å². The van der Waals surface area contributed by atoms with Crippen LogP contribution in [-0.2, 0) is 4.79 Å². The van der Waals surface area contributed by atoms with Crippen molar-refractivity contribution in [1.29, 1.82) is 0 Å². The maximum atomic E-state index is 11.3. The average molecular weight is 259 g/mol. The summed E-state index contributed by atoms with van der Waals surface area (Å²) in [6, 6.07) is 6.89. The molecule has 1 aromatic heterocycles. The highest BCUT2D eigenvalue weighted by molar-refractivity contribution is 5.90. The summed E-state index contributed by atoms with van der Waals surface area (Å²) in [5, 5.41) is 13.1. The van der Waals surface area contributed by atoms with Gasteiger partial charge in [-0.1, -0.05) is 26.0 Å². The Labute approximate surface area is 111 Å². The summed E-state index contributed by atoms with van der Waals surface area (Å²) < 4.78 is 0. The maximum absolute atomic E-state index is 11.3. The van der Waals surface area contributed by atoms with Gasteiger partial charge in [-0.3, -0.25) is 0 Å². The number of aliphatic carboxylic acids is 1. The highest BCUT2D eigenvalue weighted by Crippen LogP contribution is 2.20. The van der Waals surface area contributed by atoms with Gasteiger partial charge in [0.1, 0.15) is 18.2 Å². The molecule has 0 radical (unpaired) electrons. The molecule has 0 fully saturated rings. The Morgan fingerprint density at radius 1 is 1.32 bits per heavy atom. The number of fused-ring (bicyclic) bond motifs is 1. The molecule has 2 rings (SSSR count). The normalized spacial score (nSPS) is 12.6. The summed E-state index contributed by atoms with van der Waals surface area (Å²) in [6.07, 6.45) is 1.99. The number of anilines is 1. The first kappa shape index (κ1) is 13.3. The van der Waals surface area contributed by atoms with Gasteiger partial charge >= 0.3 is 5.97 Å². The van der Waals surface area contributed by atoms with Crippen molar-refractivity contribution in [2.75, 3.05) is 5.32 Å². The first-order valence-corrected chi connectivity index (χ1v) is 6.27. The summed E-state index contributed by atoms with van der Waals surface area (Å²) >= 11 is 0. The van der Waals surface area contributed by atoms with E-state index in [2.05, 4.69) is 15.3 Å². The molecule has 5 heteroatoms. The van der Waals surface area contributed by atoms with Gasteiger partial charge in [0.25, 0.3) is 0 Å². The van der Waals surface area contributed by atoms with Crippen LogP contribution in [0, 0.1) is 5.92 Å². The number of aromatic nitrogens is 2. The third-order valence-electron chi connectivity index (χ3n) is 2.86. The third kappa shape index (κ3) is 3.19. The highest BCUT2D eigenvalue weighted by Gasteiger charge is 2.19. The van der Waals surface area contributed by atoms with Gasteiger partial charge < -0.3 is 10.4 Å². The molecule has 0 aliphatic carbocycles. The Bertz CT molecular complexity index is 578. The summed E-state index contributed by atoms with van der Waals surface area (Å²) in [6.45, 7) is 3.99. The minimum atomic E-state index is -0.864. The van der Waals surface area contributed by atoms with Crippen LogP contribution in [0.25, 0.3) is 10.9 Å². The second-order valence-corrected chi connectivity index (χ2v) is 4.90. The van der Waals surface area contributed by atoms with E-state index in [0.717, 1.165) is 10.9 Å². The van der Waals surface area contributed by atoms with E-state index in [1.165, 1.54) is 6.33 Å². The van der Waals surface area contributed by atoms with Crippen molar-refractivity contribution in [2.45, 2.75) is 26.3 Å². The van der Waals surface area contributed by atoms with Crippen LogP contribution in [-0.4, -0.2) is 27.1 Å². The number of carboxylic acid groups (broad SMARTS) is 1. The minimum absolute atomic E-state index is 0.293. The number of carbonyl (C=O) groups is 1. The Morgan fingerprint density at radius 3 is 2.74 bits per heavy atom. The highest BCUT2D eigenvalue weighted by atomic mass is 16.4. The van der Waals surface area contributed by atoms with Gasteiger partial charge in [-0.15, -0.1) is 0 Å². The molecule has 0 aliphatic rings. The molecule has 0 aliphatic heterocycles. The number of rotatable bonds is 5. The van der Waals surface area contributed by atoms with Crippen LogP contribution in [0.15, 0.2) is 30.6 Å². The zero-order valence-electron chi connectivity index (χ0n) is 11.0. The average Bonchev–Trinajstić information content (AvgIpc) is 2.37. The molecule has 2 aromatic rings. The van der Waals surface area contributed by atoms with E-state index in [1.807, 2.05) is 38.1 Å². The lowest BCUT2D eigenvalue weighted by molar-refractivity contribution is -0.138. The van der Waals surface area contributed by atoms with Crippen molar-refractivity contribution in [3.05, 3.63) is 30.6 Å². The van der Waals surface area contributed by atoms with E-state index < -0.39 is 12.0 Å². The molecule has 2 N–H and O–H groups in total. The lowest BCUT2D eigenvalue weighted by atomic mass is 10.0. The molecule has 0 spiro atoms. The van der Waals surface area contributed by atoms with Crippen LogP contribution in [0.4, 0.5) is 5.82 Å². The van der Waals surface area contributed by atoms with Crippen molar-refractivity contribution in [2.24, 2.45) is 5.92 Å². The number of nitrogens with zero attached hydrogens (tertiary/aromatic N) is 2. The smallest absolute Gasteiger partial charge is 0.326 e. The van der Waals surface area contributed by atoms with Crippen LogP contribution < -0.4 is 5.32 Å². The van der Waals surface area contributed by atoms with E-state index in [0.29, 0.717) is 18.2 Å². The topological polar surface area (TPSA) is 75.1 Å². The molecule has 5 nitrogen and oxygen atoms in total. The quantitative estimate of drug-likeness (QED) is 0.863. The van der Waals surface area contributed by atoms with Gasteiger partial charge in [0.05, 0.1) is 5.52 Å². The van der Waals surface area contributed by atoms with Gasteiger partial charge in [0.2, 0.25) is 0 Å². The summed E-state index contributed by atoms with van der Waals surface area (Å²) in [4.78, 5) is 19.6. The van der Waals surface area contributed by atoms with E-state index in [1.54, 1.807) is 0 Å². The van der Waals surface area contributed by atoms with Crippen molar-refractivity contribution < 1.29 is 9.90 Å². The zero-order chi connectivity index (χ0) is 13.8. The molecular weight excluding hydrogens is 242 g/mol. The van der Waals surface area contributed by atoms with E-state index >= 15 is 0 Å². The minimum Gasteiger partial charge on any atom is -0.480 e. The molecule has 0 saturated carbocycles. The molecule has 0 bridgehead atoms. The van der Waals surface area contributed by atoms with Crippen LogP contribution >= 0.6 is 0 Å². The van der Waals surface area contributed by atoms with E-state index in [4.69, 9.17) is 0 Å². The first-order chi connectivity index (χ1) is 9.08. The molecular formula is C14H17N3O2. The summed E-state index contributed by atoms with van der Waals surface area (Å²) in [5.74, 6) is -0.00301. The molecule has 0 unspecified atom stereocenters. The Hall–Kier alpha value is -2.17. The number of hydrogen-bond donors (Lipinski definition) is 2. The number of carboxylic acids is 1. The molecule has 19 heavy (non-hydrogen) atoms. The third-order valence-corrected chi connectivity index (χ3v) is 2.86. The van der Waals surface area contributed by atoms with Crippen molar-refractivity contribution >= 4 is 22.7 Å². The fourth-order valence-corrected chi connectivity index (χ4v) is 1.98. The predicted octanol–water partition coefficient (Wildman–Crippen LogP) is 2.54. The van der Waals surface area contributed by atoms with Gasteiger partial charge in [-0.2, -0.15) is 0 Å². The molecule has 0 amide bonds. The lowest BCUT2D eigenvalue weighted by Crippen LogP contribution is -2.31. The van der Waals surface area contributed by atoms with Gasteiger partial charge in [-0.05, 0) is 24.5 Å². The fourth-order valence-electron chi connectivity index (χ4n) is 1.98. The predicted molar refractivity (Wildman–Crippen MR) is 74.0 cm³/mol. The molecule has 1 aromatic carbocycles. The summed E-state index contributed by atoms with van der Waals surface area (Å²) in [7, 11) is 0. The number of nitrogens with one attached hydrogen (secondary N) is 1. The van der Waals surface area contributed by atoms with Crippen LogP contribution in [0.1, 0.15) is 20.3 Å². The monoisotopic (exact) mass is 259 g/mol. The molecule has 100 valence electrons.